The smallest absolute Gasteiger partial charge is 0.416 e. The SMILES string of the molecule is NS(=O)(=O)Cc1nnc(C(c2nc3c(F)cc(-c4ccccc4)cc3s2)S(=O)(=O)Cc2ccc(C(F)(F)F)cc2)o1. The van der Waals surface area contributed by atoms with Crippen molar-refractivity contribution in [1.82, 2.24) is 15.2 Å². The Bertz CT molecular complexity index is 1940. The lowest BCUT2D eigenvalue weighted by molar-refractivity contribution is -0.137. The van der Waals surface area contributed by atoms with Gasteiger partial charge in [-0.1, -0.05) is 42.5 Å². The van der Waals surface area contributed by atoms with Gasteiger partial charge in [0.2, 0.25) is 21.8 Å². The summed E-state index contributed by atoms with van der Waals surface area (Å²) in [4.78, 5) is 4.21. The number of halogens is 4. The van der Waals surface area contributed by atoms with Gasteiger partial charge in [0.25, 0.3) is 0 Å². The number of hydrogen-bond donors (Lipinski definition) is 1. The summed E-state index contributed by atoms with van der Waals surface area (Å²) in [5.74, 6) is -3.41. The fourth-order valence-corrected chi connectivity index (χ4v) is 7.66. The zero-order valence-electron chi connectivity index (χ0n) is 20.5. The quantitative estimate of drug-likeness (QED) is 0.237. The summed E-state index contributed by atoms with van der Waals surface area (Å²) in [6, 6.07) is 15.3. The van der Waals surface area contributed by atoms with Gasteiger partial charge in [0, 0.05) is 0 Å². The fourth-order valence-electron chi connectivity index (χ4n) is 4.04. The summed E-state index contributed by atoms with van der Waals surface area (Å²) in [5, 5.41) is 10.3. The van der Waals surface area contributed by atoms with Crippen LogP contribution >= 0.6 is 11.3 Å². The number of sulfonamides is 1. The van der Waals surface area contributed by atoms with E-state index >= 15 is 4.39 Å². The van der Waals surface area contributed by atoms with Crippen LogP contribution in [0.25, 0.3) is 21.3 Å². The summed E-state index contributed by atoms with van der Waals surface area (Å²) < 4.78 is 110. The lowest BCUT2D eigenvalue weighted by atomic mass is 10.1. The molecule has 5 rings (SSSR count). The number of thiazole rings is 1. The van der Waals surface area contributed by atoms with Crippen molar-refractivity contribution in [2.45, 2.75) is 22.9 Å². The van der Waals surface area contributed by atoms with E-state index in [1.807, 2.05) is 0 Å². The van der Waals surface area contributed by atoms with Gasteiger partial charge >= 0.3 is 6.18 Å². The third kappa shape index (κ3) is 6.45. The molecule has 0 aliphatic heterocycles. The van der Waals surface area contributed by atoms with E-state index in [0.717, 1.165) is 35.6 Å². The monoisotopic (exact) mass is 626 g/mol. The molecule has 16 heteroatoms. The van der Waals surface area contributed by atoms with Crippen molar-refractivity contribution in [2.24, 2.45) is 5.14 Å². The summed E-state index contributed by atoms with van der Waals surface area (Å²) in [6.07, 6.45) is -4.62. The number of hydrogen-bond acceptors (Lipinski definition) is 9. The molecule has 0 bridgehead atoms. The van der Waals surface area contributed by atoms with E-state index in [1.165, 1.54) is 6.07 Å². The zero-order chi connectivity index (χ0) is 29.6. The Morgan fingerprint density at radius 1 is 0.902 bits per heavy atom. The highest BCUT2D eigenvalue weighted by molar-refractivity contribution is 7.91. The van der Waals surface area contributed by atoms with Crippen LogP contribution in [0.4, 0.5) is 17.6 Å². The molecule has 41 heavy (non-hydrogen) atoms. The lowest BCUT2D eigenvalue weighted by Gasteiger charge is -2.13. The average Bonchev–Trinajstić information content (AvgIpc) is 3.50. The molecule has 0 aliphatic rings. The number of rotatable bonds is 8. The van der Waals surface area contributed by atoms with Gasteiger partial charge in [-0.05, 0) is 41.0 Å². The molecule has 2 aromatic heterocycles. The van der Waals surface area contributed by atoms with Gasteiger partial charge in [-0.2, -0.15) is 13.2 Å². The number of alkyl halides is 3. The Morgan fingerprint density at radius 3 is 2.22 bits per heavy atom. The van der Waals surface area contributed by atoms with Gasteiger partial charge in [-0.15, -0.1) is 21.5 Å². The fraction of sp³-hybridized carbons (Fsp3) is 0.160. The number of primary sulfonamides is 1. The molecule has 0 spiro atoms. The van der Waals surface area contributed by atoms with Gasteiger partial charge in [0.05, 0.1) is 16.0 Å². The highest BCUT2D eigenvalue weighted by Gasteiger charge is 2.38. The zero-order valence-corrected chi connectivity index (χ0v) is 23.0. The van der Waals surface area contributed by atoms with Crippen LogP contribution in [0.5, 0.6) is 0 Å². The molecule has 9 nitrogen and oxygen atoms in total. The largest absolute Gasteiger partial charge is 0.422 e. The van der Waals surface area contributed by atoms with Crippen LogP contribution < -0.4 is 5.14 Å². The molecule has 1 unspecified atom stereocenters. The Morgan fingerprint density at radius 2 is 1.59 bits per heavy atom. The Labute approximate surface area is 234 Å². The molecule has 5 aromatic rings. The van der Waals surface area contributed by atoms with Crippen molar-refractivity contribution in [3.8, 4) is 11.1 Å². The summed E-state index contributed by atoms with van der Waals surface area (Å²) in [5.41, 5.74) is 0.160. The van der Waals surface area contributed by atoms with Gasteiger partial charge in [-0.25, -0.2) is 31.3 Å². The molecule has 0 aliphatic carbocycles. The normalized spacial score (nSPS) is 13.5. The number of benzene rings is 3. The van der Waals surface area contributed by atoms with Crippen LogP contribution in [0.2, 0.25) is 0 Å². The third-order valence-electron chi connectivity index (χ3n) is 5.84. The van der Waals surface area contributed by atoms with Crippen LogP contribution in [0.1, 0.15) is 33.2 Å². The molecule has 0 fully saturated rings. The van der Waals surface area contributed by atoms with Crippen molar-refractivity contribution in [3.05, 3.63) is 100 Å². The molecular weight excluding hydrogens is 608 g/mol. The number of sulfone groups is 1. The average molecular weight is 627 g/mol. The van der Waals surface area contributed by atoms with Crippen molar-refractivity contribution < 1.29 is 38.8 Å². The molecule has 0 amide bonds. The Hall–Kier alpha value is -3.73. The molecule has 2 heterocycles. The first-order chi connectivity index (χ1) is 19.2. The van der Waals surface area contributed by atoms with Crippen LogP contribution in [0.3, 0.4) is 0 Å². The summed E-state index contributed by atoms with van der Waals surface area (Å²) in [6.45, 7) is 0. The van der Waals surface area contributed by atoms with Crippen molar-refractivity contribution in [2.75, 3.05) is 0 Å². The third-order valence-corrected chi connectivity index (χ3v) is 9.58. The summed E-state index contributed by atoms with van der Waals surface area (Å²) in [7, 11) is -8.53. The van der Waals surface area contributed by atoms with E-state index in [4.69, 9.17) is 9.56 Å². The minimum atomic E-state index is -4.62. The molecule has 1 atom stereocenters. The highest BCUT2D eigenvalue weighted by Crippen LogP contribution is 2.39. The van der Waals surface area contributed by atoms with Crippen LogP contribution in [0, 0.1) is 5.82 Å². The van der Waals surface area contributed by atoms with E-state index in [1.54, 1.807) is 36.4 Å². The molecule has 2 N–H and O–H groups in total. The van der Waals surface area contributed by atoms with Gasteiger partial charge in [-0.3, -0.25) is 0 Å². The second-order valence-electron chi connectivity index (χ2n) is 8.95. The van der Waals surface area contributed by atoms with Crippen molar-refractivity contribution in [1.29, 1.82) is 0 Å². The van der Waals surface area contributed by atoms with Crippen LogP contribution in [-0.4, -0.2) is 32.0 Å². The van der Waals surface area contributed by atoms with Crippen molar-refractivity contribution in [3.63, 3.8) is 0 Å². The second-order valence-corrected chi connectivity index (χ2v) is 13.7. The Kier molecular flexibility index (Phi) is 7.44. The molecule has 0 saturated heterocycles. The Balaban J connectivity index is 1.60. The van der Waals surface area contributed by atoms with Crippen LogP contribution in [0.15, 0.2) is 71.1 Å². The van der Waals surface area contributed by atoms with Gasteiger partial charge in [0.1, 0.15) is 16.3 Å². The second kappa shape index (κ2) is 10.6. The lowest BCUT2D eigenvalue weighted by Crippen LogP contribution is -2.17. The van der Waals surface area contributed by atoms with E-state index in [0.29, 0.717) is 15.8 Å². The van der Waals surface area contributed by atoms with Gasteiger partial charge in [0.15, 0.2) is 20.9 Å². The molecule has 0 saturated carbocycles. The maximum atomic E-state index is 15.1. The number of fused-ring (bicyclic) bond motifs is 1. The topological polar surface area (TPSA) is 146 Å². The number of nitrogens with zero attached hydrogens (tertiary/aromatic N) is 3. The molecular formula is C25H18F4N4O5S3. The van der Waals surface area contributed by atoms with E-state index in [-0.39, 0.29) is 16.1 Å². The molecule has 3 aromatic carbocycles. The highest BCUT2D eigenvalue weighted by atomic mass is 32.2. The number of nitrogens with two attached hydrogens (primary N) is 1. The van der Waals surface area contributed by atoms with Crippen molar-refractivity contribution >= 4 is 41.4 Å². The van der Waals surface area contributed by atoms with E-state index in [9.17, 15) is 30.0 Å². The summed E-state index contributed by atoms with van der Waals surface area (Å²) >= 11 is 0.839. The first-order valence-corrected chi connectivity index (χ1v) is 15.8. The van der Waals surface area contributed by atoms with Crippen LogP contribution in [-0.2, 0) is 37.5 Å². The van der Waals surface area contributed by atoms with E-state index in [2.05, 4.69) is 15.2 Å². The predicted octanol–water partition coefficient (Wildman–Crippen LogP) is 5.00. The predicted molar refractivity (Wildman–Crippen MR) is 142 cm³/mol. The minimum Gasteiger partial charge on any atom is -0.422 e. The number of aromatic nitrogens is 3. The first kappa shape index (κ1) is 28.8. The maximum absolute atomic E-state index is 15.1. The standard InChI is InChI=1S/C25H18F4N4O5S3/c26-18-10-16(15-4-2-1-3-5-15)11-19-21(18)31-24(39-19)22(23-33-32-20(38-23)13-41(30,36)37)40(34,35)12-14-6-8-17(9-7-14)25(27,28)29/h1-11,22H,12-13H2,(H2,30,36,37). The minimum absolute atomic E-state index is 0.0194. The van der Waals surface area contributed by atoms with E-state index < -0.39 is 66.0 Å². The first-order valence-electron chi connectivity index (χ1n) is 11.6. The molecule has 214 valence electrons. The maximum Gasteiger partial charge on any atom is 0.416 e. The van der Waals surface area contributed by atoms with Gasteiger partial charge < -0.3 is 4.42 Å². The molecule has 0 radical (unpaired) electrons.